The molecule has 0 aliphatic heterocycles. The third-order valence-electron chi connectivity index (χ3n) is 2.33. The summed E-state index contributed by atoms with van der Waals surface area (Å²) in [6.45, 7) is -1.60. The van der Waals surface area contributed by atoms with Crippen LogP contribution in [0.4, 0.5) is 8.78 Å². The highest BCUT2D eigenvalue weighted by Crippen LogP contribution is 2.33. The molecule has 116 valence electrons. The molecule has 2 aromatic rings. The summed E-state index contributed by atoms with van der Waals surface area (Å²) in [6, 6.07) is 3.75. The molecule has 4 nitrogen and oxygen atoms in total. The maximum atomic E-state index is 12.9. The van der Waals surface area contributed by atoms with Crippen LogP contribution in [-0.4, -0.2) is 29.9 Å². The molecule has 2 aromatic heterocycles. The fraction of sp³-hybridized carbons (Fsp3) is 0.273. The number of alkyl halides is 2. The number of nitrogens with two attached hydrogens (primary N) is 1. The molecule has 0 atom stereocenters. The molecule has 10 heteroatoms. The van der Waals surface area contributed by atoms with Crippen molar-refractivity contribution in [1.29, 1.82) is 0 Å². The van der Waals surface area contributed by atoms with Crippen molar-refractivity contribution in [3.8, 4) is 9.88 Å². The zero-order valence-corrected chi connectivity index (χ0v) is 14.5. The average Bonchev–Trinajstić information content (AvgIpc) is 3.04. The van der Waals surface area contributed by atoms with Crippen LogP contribution in [0.15, 0.2) is 21.3 Å². The first kappa shape index (κ1) is 18.4. The summed E-state index contributed by atoms with van der Waals surface area (Å²) in [4.78, 5) is 16.8. The lowest BCUT2D eigenvalue weighted by molar-refractivity contribution is 0.0118. The molecule has 0 saturated carbocycles. The SMILES string of the molecule is Cl.NCC(F)(F)CNC(=O)c1csc(-c2ccc(Br)s2)n1. The Morgan fingerprint density at radius 2 is 2.19 bits per heavy atom. The Labute approximate surface area is 142 Å². The Morgan fingerprint density at radius 1 is 1.48 bits per heavy atom. The molecule has 0 aliphatic rings. The van der Waals surface area contributed by atoms with Crippen LogP contribution >= 0.6 is 51.0 Å². The lowest BCUT2D eigenvalue weighted by atomic mass is 10.3. The van der Waals surface area contributed by atoms with E-state index in [-0.39, 0.29) is 18.1 Å². The van der Waals surface area contributed by atoms with Crippen molar-refractivity contribution in [2.75, 3.05) is 13.1 Å². The summed E-state index contributed by atoms with van der Waals surface area (Å²) >= 11 is 6.11. The molecule has 0 aromatic carbocycles. The molecule has 0 bridgehead atoms. The number of hydrogen-bond acceptors (Lipinski definition) is 5. The number of rotatable bonds is 5. The largest absolute Gasteiger partial charge is 0.345 e. The van der Waals surface area contributed by atoms with Gasteiger partial charge in [0.05, 0.1) is 21.8 Å². The van der Waals surface area contributed by atoms with Crippen molar-refractivity contribution in [2.24, 2.45) is 5.73 Å². The number of carbonyl (C=O) groups excluding carboxylic acids is 1. The van der Waals surface area contributed by atoms with Crippen molar-refractivity contribution in [2.45, 2.75) is 5.92 Å². The van der Waals surface area contributed by atoms with Gasteiger partial charge in [0, 0.05) is 5.38 Å². The van der Waals surface area contributed by atoms with E-state index >= 15 is 0 Å². The number of nitrogens with one attached hydrogen (secondary N) is 1. The van der Waals surface area contributed by atoms with Gasteiger partial charge in [-0.15, -0.1) is 35.1 Å². The van der Waals surface area contributed by atoms with Gasteiger partial charge >= 0.3 is 0 Å². The first-order valence-corrected chi connectivity index (χ1v) is 7.97. The molecule has 0 spiro atoms. The third kappa shape index (κ3) is 4.96. The maximum Gasteiger partial charge on any atom is 0.277 e. The number of thiophene rings is 1. The molecule has 3 N–H and O–H groups in total. The number of aromatic nitrogens is 1. The summed E-state index contributed by atoms with van der Waals surface area (Å²) in [5.74, 6) is -3.73. The van der Waals surface area contributed by atoms with Crippen LogP contribution in [0.1, 0.15) is 10.5 Å². The van der Waals surface area contributed by atoms with E-state index < -0.39 is 24.9 Å². The van der Waals surface area contributed by atoms with E-state index in [1.165, 1.54) is 22.7 Å². The standard InChI is InChI=1S/C11H10BrF2N3OS2.ClH/c12-8-2-1-7(20-8)10-17-6(3-19-10)9(18)16-5-11(13,14)4-15;/h1-3H,4-5,15H2,(H,16,18);1H. The molecular formula is C11H11BrClF2N3OS2. The minimum Gasteiger partial charge on any atom is -0.345 e. The molecule has 0 aliphatic carbocycles. The van der Waals surface area contributed by atoms with Crippen molar-refractivity contribution in [1.82, 2.24) is 10.3 Å². The minimum atomic E-state index is -3.10. The zero-order valence-electron chi connectivity index (χ0n) is 10.4. The number of thiazole rings is 1. The minimum absolute atomic E-state index is 0. The van der Waals surface area contributed by atoms with E-state index in [1.54, 1.807) is 5.38 Å². The normalized spacial score (nSPS) is 11.0. The highest BCUT2D eigenvalue weighted by Gasteiger charge is 2.27. The van der Waals surface area contributed by atoms with Gasteiger partial charge in [0.2, 0.25) is 0 Å². The van der Waals surface area contributed by atoms with Crippen molar-refractivity contribution >= 4 is 56.9 Å². The summed E-state index contributed by atoms with van der Waals surface area (Å²) in [5, 5.41) is 4.35. The van der Waals surface area contributed by atoms with Crippen LogP contribution in [0.5, 0.6) is 0 Å². The van der Waals surface area contributed by atoms with E-state index in [2.05, 4.69) is 26.2 Å². The Kier molecular flexibility index (Phi) is 6.67. The van der Waals surface area contributed by atoms with Crippen molar-refractivity contribution in [3.63, 3.8) is 0 Å². The highest BCUT2D eigenvalue weighted by atomic mass is 79.9. The number of halogens is 4. The summed E-state index contributed by atoms with van der Waals surface area (Å²) in [6.07, 6.45) is 0. The van der Waals surface area contributed by atoms with Crippen LogP contribution < -0.4 is 11.1 Å². The van der Waals surface area contributed by atoms with E-state index in [1.807, 2.05) is 12.1 Å². The predicted octanol–water partition coefficient (Wildman–Crippen LogP) is 3.38. The monoisotopic (exact) mass is 417 g/mol. The Hall–Kier alpha value is -0.610. The smallest absolute Gasteiger partial charge is 0.277 e. The Balaban J connectivity index is 0.00000220. The van der Waals surface area contributed by atoms with Gasteiger partial charge in [-0.1, -0.05) is 0 Å². The van der Waals surface area contributed by atoms with Gasteiger partial charge in [-0.25, -0.2) is 13.8 Å². The van der Waals surface area contributed by atoms with Crippen LogP contribution in [-0.2, 0) is 0 Å². The molecule has 0 unspecified atom stereocenters. The summed E-state index contributed by atoms with van der Waals surface area (Å²) in [5.41, 5.74) is 5.02. The fourth-order valence-electron chi connectivity index (χ4n) is 1.29. The molecule has 0 radical (unpaired) electrons. The van der Waals surface area contributed by atoms with E-state index in [9.17, 15) is 13.6 Å². The molecule has 21 heavy (non-hydrogen) atoms. The second-order valence-electron chi connectivity index (χ2n) is 3.88. The number of carbonyl (C=O) groups is 1. The van der Waals surface area contributed by atoms with Crippen LogP contribution in [0.3, 0.4) is 0 Å². The first-order chi connectivity index (χ1) is 9.41. The topological polar surface area (TPSA) is 68.0 Å². The van der Waals surface area contributed by atoms with E-state index in [0.29, 0.717) is 5.01 Å². The number of amides is 1. The molecule has 0 fully saturated rings. The molecule has 0 saturated heterocycles. The zero-order chi connectivity index (χ0) is 14.8. The van der Waals surface area contributed by atoms with E-state index in [0.717, 1.165) is 8.66 Å². The summed E-state index contributed by atoms with van der Waals surface area (Å²) in [7, 11) is 0. The van der Waals surface area contributed by atoms with Gasteiger partial charge in [-0.2, -0.15) is 0 Å². The van der Waals surface area contributed by atoms with Gasteiger partial charge in [-0.3, -0.25) is 4.79 Å². The molecule has 2 heterocycles. The van der Waals surface area contributed by atoms with Crippen molar-refractivity contribution < 1.29 is 13.6 Å². The Bertz CT molecular complexity index is 620. The molecular weight excluding hydrogens is 408 g/mol. The molecule has 2 rings (SSSR count). The second kappa shape index (κ2) is 7.59. The predicted molar refractivity (Wildman–Crippen MR) is 86.7 cm³/mol. The second-order valence-corrected chi connectivity index (χ2v) is 7.21. The average molecular weight is 419 g/mol. The first-order valence-electron chi connectivity index (χ1n) is 5.48. The Morgan fingerprint density at radius 3 is 2.76 bits per heavy atom. The highest BCUT2D eigenvalue weighted by molar-refractivity contribution is 9.11. The van der Waals surface area contributed by atoms with Gasteiger partial charge in [0.15, 0.2) is 0 Å². The number of hydrogen-bond donors (Lipinski definition) is 2. The van der Waals surface area contributed by atoms with Crippen LogP contribution in [0, 0.1) is 0 Å². The lowest BCUT2D eigenvalue weighted by Crippen LogP contribution is -2.41. The van der Waals surface area contributed by atoms with Gasteiger partial charge in [0.1, 0.15) is 10.7 Å². The van der Waals surface area contributed by atoms with Crippen LogP contribution in [0.25, 0.3) is 9.88 Å². The fourth-order valence-corrected chi connectivity index (χ4v) is 3.55. The van der Waals surface area contributed by atoms with Gasteiger partial charge < -0.3 is 11.1 Å². The summed E-state index contributed by atoms with van der Waals surface area (Å²) < 4.78 is 26.8. The molecule has 1 amide bonds. The van der Waals surface area contributed by atoms with E-state index in [4.69, 9.17) is 5.73 Å². The number of nitrogens with zero attached hydrogens (tertiary/aromatic N) is 1. The lowest BCUT2D eigenvalue weighted by Gasteiger charge is -2.13. The quantitative estimate of drug-likeness (QED) is 0.782. The van der Waals surface area contributed by atoms with Crippen LogP contribution in [0.2, 0.25) is 0 Å². The maximum absolute atomic E-state index is 12.9. The van der Waals surface area contributed by atoms with Gasteiger partial charge in [0.25, 0.3) is 11.8 Å². The van der Waals surface area contributed by atoms with Gasteiger partial charge in [-0.05, 0) is 28.1 Å². The van der Waals surface area contributed by atoms with Crippen molar-refractivity contribution in [3.05, 3.63) is 27.0 Å². The third-order valence-corrected chi connectivity index (χ3v) is 4.96.